The van der Waals surface area contributed by atoms with Gasteiger partial charge in [0.2, 0.25) is 0 Å². The number of hydrogen-bond acceptors (Lipinski definition) is 6. The summed E-state index contributed by atoms with van der Waals surface area (Å²) in [5.41, 5.74) is 6.20. The number of ketones is 6. The van der Waals surface area contributed by atoms with E-state index in [0.29, 0.717) is 132 Å². The highest BCUT2D eigenvalue weighted by molar-refractivity contribution is 6.11. The van der Waals surface area contributed by atoms with Gasteiger partial charge in [-0.2, -0.15) is 65.9 Å². The van der Waals surface area contributed by atoms with E-state index >= 15 is 0 Å². The molecule has 712 valence electrons. The minimum Gasteiger partial charge on any atom is -0.299 e. The first-order chi connectivity index (χ1) is 63.5. The fourth-order valence-corrected chi connectivity index (χ4v) is 15.9. The number of hydrogen-bond donors (Lipinski definition) is 0. The summed E-state index contributed by atoms with van der Waals surface area (Å²) in [5.74, 6) is -5.37. The molecule has 26 heteroatoms. The van der Waals surface area contributed by atoms with E-state index in [1.165, 1.54) is 107 Å². The standard InChI is InChI=1S/C28H26F6O.C28H24F3NO2.C27H23F5O2.C27H25F5O/c1-17(2)11-26(18(3)35)23-14-20(12-19-5-4-6-25(15-19)28(32,33)34)13-22(16-23)21-7-9-24(10-8-21)27(29,30)31;1-17(2)13-26(18(3)33)22-14-21(19-5-9-24(10-6-19)28(29,30)31)15-23(16-22)27(34)20-7-11-25(32-4)12-8-20;1-15(2)8-25(16(3)33)19-9-18(17-4-6-22(7-5-17)27(30,31)32)10-20(11-19)26(34)21-12-23(28)14-24(29)13-21;1-16(2)8-26(17(3)33)22-11-18(9-19-12-24(28)15-25(29)13-19)10-21(14-22)20-4-6-23(7-5-20)27(30,31)32/h4-10,13-17,26H,11-12H2,1-3H3;5-12,14-17,26H,13H2,1-3H3;4-7,9-15,25H,8H2,1-3H3;4-7,10-16,26H,8-9H2,1-3H3. The molecule has 0 heterocycles. The molecule has 12 aromatic carbocycles. The lowest BCUT2D eigenvalue weighted by Crippen LogP contribution is -2.13. The van der Waals surface area contributed by atoms with Crippen LogP contribution in [-0.2, 0) is 62.9 Å². The summed E-state index contributed by atoms with van der Waals surface area (Å²) in [5, 5.41) is 0. The van der Waals surface area contributed by atoms with Gasteiger partial charge in [-0.3, -0.25) is 28.8 Å². The van der Waals surface area contributed by atoms with Crippen molar-refractivity contribution in [1.29, 1.82) is 0 Å². The van der Waals surface area contributed by atoms with Gasteiger partial charge in [0.25, 0.3) is 0 Å². The zero-order valence-corrected chi connectivity index (χ0v) is 76.2. The summed E-state index contributed by atoms with van der Waals surface area (Å²) in [4.78, 5) is 79.5. The topological polar surface area (TPSA) is 107 Å². The number of carbonyl (C=O) groups excluding carboxylic acids is 6. The molecule has 0 saturated heterocycles. The number of alkyl halides is 15. The molecule has 0 fully saturated rings. The van der Waals surface area contributed by atoms with Crippen molar-refractivity contribution in [2.75, 3.05) is 0 Å². The zero-order chi connectivity index (χ0) is 101. The van der Waals surface area contributed by atoms with Gasteiger partial charge >= 0.3 is 30.9 Å². The van der Waals surface area contributed by atoms with E-state index < -0.39 is 106 Å². The smallest absolute Gasteiger partial charge is 0.299 e. The summed E-state index contributed by atoms with van der Waals surface area (Å²) in [7, 11) is 0. The predicted octanol–water partition coefficient (Wildman–Crippen LogP) is 32.1. The Labute approximate surface area is 777 Å². The van der Waals surface area contributed by atoms with Crippen LogP contribution in [0.2, 0.25) is 0 Å². The molecule has 0 aliphatic rings. The molecule has 136 heavy (non-hydrogen) atoms. The quantitative estimate of drug-likeness (QED) is 0.0275. The molecule has 0 bridgehead atoms. The number of benzene rings is 12. The van der Waals surface area contributed by atoms with Crippen LogP contribution in [0.3, 0.4) is 0 Å². The van der Waals surface area contributed by atoms with E-state index in [0.717, 1.165) is 84.4 Å². The van der Waals surface area contributed by atoms with Gasteiger partial charge in [-0.15, -0.1) is 0 Å². The van der Waals surface area contributed by atoms with E-state index in [1.54, 1.807) is 72.8 Å². The van der Waals surface area contributed by atoms with Crippen LogP contribution in [0.15, 0.2) is 255 Å². The molecule has 7 nitrogen and oxygen atoms in total. The van der Waals surface area contributed by atoms with Gasteiger partial charge in [0.15, 0.2) is 17.3 Å². The molecule has 0 radical (unpaired) electrons. The number of nitrogens with zero attached hydrogens (tertiary/aromatic N) is 1. The van der Waals surface area contributed by atoms with E-state index in [2.05, 4.69) is 4.85 Å². The van der Waals surface area contributed by atoms with Crippen molar-refractivity contribution < 1.29 is 112 Å². The van der Waals surface area contributed by atoms with E-state index in [-0.39, 0.29) is 82.5 Å². The van der Waals surface area contributed by atoms with Crippen molar-refractivity contribution in [2.45, 2.75) is 176 Å². The van der Waals surface area contributed by atoms with Crippen molar-refractivity contribution >= 4 is 40.4 Å². The molecule has 4 unspecified atom stereocenters. The van der Waals surface area contributed by atoms with Crippen LogP contribution in [0.25, 0.3) is 49.4 Å². The van der Waals surface area contributed by atoms with Crippen LogP contribution in [0, 0.1) is 53.5 Å². The Morgan fingerprint density at radius 3 is 0.794 bits per heavy atom. The molecule has 12 rings (SSSR count). The van der Waals surface area contributed by atoms with Gasteiger partial charge in [0.1, 0.15) is 46.4 Å². The molecule has 0 N–H and O–H groups in total. The molecule has 0 spiro atoms. The molecule has 0 aromatic heterocycles. The maximum absolute atomic E-state index is 13.7. The van der Waals surface area contributed by atoms with Crippen LogP contribution in [0.1, 0.15) is 237 Å². The van der Waals surface area contributed by atoms with Gasteiger partial charge in [-0.1, -0.05) is 195 Å². The SMILES string of the molecule is CC(=O)C(CC(C)C)c1cc(C(=O)c2cc(F)cc(F)c2)cc(-c2ccc(C(F)(F)F)cc2)c1.CC(=O)C(CC(C)C)c1cc(Cc2cc(F)cc(F)c2)cc(-c2ccc(C(F)(F)F)cc2)c1.CC(=O)C(CC(C)C)c1cc(Cc2cccc(C(F)(F)F)c2)cc(-c2ccc(C(F)(F)F)cc2)c1.[C-]#[N+]c1ccc(C(=O)c2cc(-c3ccc(C(F)(F)F)cc3)cc(C(CC(C)C)C(C)=O)c2)cc1. The van der Waals surface area contributed by atoms with Gasteiger partial charge in [-0.25, -0.2) is 22.4 Å². The molecular weight excluding hydrogens is 1790 g/mol. The number of Topliss-reactive ketones (excluding diaryl/α,β-unsaturated/α-hetero) is 4. The minimum absolute atomic E-state index is 0.0176. The Morgan fingerprint density at radius 2 is 0.515 bits per heavy atom. The Bertz CT molecular complexity index is 6240. The van der Waals surface area contributed by atoms with Crippen molar-refractivity contribution in [1.82, 2.24) is 0 Å². The lowest BCUT2D eigenvalue weighted by molar-refractivity contribution is -0.138. The Hall–Kier alpha value is -13.2. The first-order valence-corrected chi connectivity index (χ1v) is 43.4. The molecule has 12 aromatic rings. The third kappa shape index (κ3) is 30.4. The van der Waals surface area contributed by atoms with Gasteiger partial charge < -0.3 is 0 Å². The Balaban J connectivity index is 0.000000203. The normalized spacial score (nSPS) is 12.7. The zero-order valence-electron chi connectivity index (χ0n) is 76.2. The minimum atomic E-state index is -4.50. The van der Waals surface area contributed by atoms with Crippen LogP contribution < -0.4 is 0 Å². The van der Waals surface area contributed by atoms with Crippen LogP contribution in [0.5, 0.6) is 0 Å². The van der Waals surface area contributed by atoms with Crippen molar-refractivity contribution in [3.63, 3.8) is 0 Å². The first kappa shape index (κ1) is 107. The highest BCUT2D eigenvalue weighted by Crippen LogP contribution is 2.42. The molecule has 0 saturated carbocycles. The first-order valence-electron chi connectivity index (χ1n) is 43.4. The second-order valence-electron chi connectivity index (χ2n) is 35.4. The monoisotopic (exact) mass is 1890 g/mol. The average molecular weight is 1890 g/mol. The maximum Gasteiger partial charge on any atom is 0.416 e. The van der Waals surface area contributed by atoms with Crippen LogP contribution >= 0.6 is 0 Å². The largest absolute Gasteiger partial charge is 0.416 e. The molecule has 0 aliphatic heterocycles. The summed E-state index contributed by atoms with van der Waals surface area (Å²) in [6.07, 6.45) is -19.7. The highest BCUT2D eigenvalue weighted by atomic mass is 19.4. The van der Waals surface area contributed by atoms with Crippen LogP contribution in [0.4, 0.5) is 89.1 Å². The van der Waals surface area contributed by atoms with Crippen LogP contribution in [-0.4, -0.2) is 34.7 Å². The molecule has 0 aliphatic carbocycles. The predicted molar refractivity (Wildman–Crippen MR) is 488 cm³/mol. The summed E-state index contributed by atoms with van der Waals surface area (Å²) in [6.45, 7) is 28.9. The van der Waals surface area contributed by atoms with E-state index in [4.69, 9.17) is 6.57 Å². The number of carbonyl (C=O) groups is 6. The van der Waals surface area contributed by atoms with E-state index in [9.17, 15) is 112 Å². The molecule has 4 atom stereocenters. The Kier molecular flexibility index (Phi) is 35.6. The average Bonchev–Trinajstić information content (AvgIpc) is 0.793. The molecule has 0 amide bonds. The van der Waals surface area contributed by atoms with Crippen molar-refractivity contribution in [3.05, 3.63) is 384 Å². The van der Waals surface area contributed by atoms with Gasteiger partial charge in [-0.05, 0) is 282 Å². The third-order valence-electron chi connectivity index (χ3n) is 22.4. The van der Waals surface area contributed by atoms with E-state index in [1.807, 2.05) is 73.6 Å². The van der Waals surface area contributed by atoms with Gasteiger partial charge in [0.05, 0.1) is 34.4 Å². The highest BCUT2D eigenvalue weighted by Gasteiger charge is 2.36. The fourth-order valence-electron chi connectivity index (χ4n) is 15.9. The Morgan fingerprint density at radius 1 is 0.257 bits per heavy atom. The second-order valence-corrected chi connectivity index (χ2v) is 35.4. The third-order valence-corrected chi connectivity index (χ3v) is 22.4. The maximum atomic E-state index is 13.7. The number of halogens is 19. The lowest BCUT2D eigenvalue weighted by Gasteiger charge is -2.19. The summed E-state index contributed by atoms with van der Waals surface area (Å²) >= 11 is 0. The summed E-state index contributed by atoms with van der Waals surface area (Å²) < 4.78 is 250. The number of rotatable bonds is 28. The van der Waals surface area contributed by atoms with Gasteiger partial charge in [0, 0.05) is 58.1 Å². The fraction of sp³-hybridized carbons (Fsp3) is 0.282. The summed E-state index contributed by atoms with van der Waals surface area (Å²) in [6, 6.07) is 56.2. The second kappa shape index (κ2) is 45.4. The van der Waals surface area contributed by atoms with Crippen molar-refractivity contribution in [3.8, 4) is 44.5 Å². The lowest BCUT2D eigenvalue weighted by atomic mass is 9.84. The van der Waals surface area contributed by atoms with Crippen molar-refractivity contribution in [2.24, 2.45) is 23.7 Å². The molecular formula is C110H98F19NO6.